The van der Waals surface area contributed by atoms with Gasteiger partial charge in [-0.15, -0.1) is 0 Å². The molecule has 0 N–H and O–H groups in total. The lowest BCUT2D eigenvalue weighted by molar-refractivity contribution is 0.414. The zero-order valence-electron chi connectivity index (χ0n) is 12.2. The first-order valence-corrected chi connectivity index (χ1v) is 8.98. The van der Waals surface area contributed by atoms with Crippen molar-refractivity contribution in [2.24, 2.45) is 0 Å². The third-order valence-electron chi connectivity index (χ3n) is 3.17. The lowest BCUT2D eigenvalue weighted by Gasteiger charge is -2.05. The van der Waals surface area contributed by atoms with Crippen molar-refractivity contribution in [2.75, 3.05) is 18.6 Å². The Morgan fingerprint density at radius 2 is 1.64 bits per heavy atom. The molecule has 2 aromatic rings. The van der Waals surface area contributed by atoms with Crippen LogP contribution < -0.4 is 4.74 Å². The molecular formula is C15H17ClN2O3S. The number of nitrogens with zero attached hydrogens (tertiary/aromatic N) is 2. The molecule has 0 bridgehead atoms. The normalized spacial score (nSPS) is 11.4. The molecule has 1 aromatic heterocycles. The van der Waals surface area contributed by atoms with Crippen molar-refractivity contribution in [1.29, 1.82) is 0 Å². The third kappa shape index (κ3) is 5.27. The fraction of sp³-hybridized carbons (Fsp3) is 0.333. The predicted molar refractivity (Wildman–Crippen MR) is 86.1 cm³/mol. The van der Waals surface area contributed by atoms with E-state index in [9.17, 15) is 8.42 Å². The number of benzene rings is 1. The summed E-state index contributed by atoms with van der Waals surface area (Å²) in [5.74, 6) is 1.38. The van der Waals surface area contributed by atoms with Crippen LogP contribution in [0.3, 0.4) is 0 Å². The van der Waals surface area contributed by atoms with Crippen LogP contribution in [-0.2, 0) is 22.7 Å². The molecule has 0 aliphatic heterocycles. The van der Waals surface area contributed by atoms with Crippen molar-refractivity contribution < 1.29 is 13.2 Å². The molecule has 0 unspecified atom stereocenters. The van der Waals surface area contributed by atoms with E-state index in [1.54, 1.807) is 7.11 Å². The minimum Gasteiger partial charge on any atom is -0.497 e. The molecular weight excluding hydrogens is 324 g/mol. The average molecular weight is 341 g/mol. The van der Waals surface area contributed by atoms with E-state index >= 15 is 0 Å². The maximum absolute atomic E-state index is 12.1. The van der Waals surface area contributed by atoms with Crippen LogP contribution in [0, 0.1) is 0 Å². The molecule has 1 aromatic carbocycles. The van der Waals surface area contributed by atoms with Crippen molar-refractivity contribution >= 4 is 21.4 Å². The van der Waals surface area contributed by atoms with E-state index in [1.807, 2.05) is 24.3 Å². The zero-order chi connectivity index (χ0) is 16.0. The summed E-state index contributed by atoms with van der Waals surface area (Å²) in [4.78, 5) is 7.99. The number of methoxy groups -OCH3 is 1. The Balaban J connectivity index is 1.86. The minimum atomic E-state index is -3.15. The molecule has 0 aliphatic rings. The summed E-state index contributed by atoms with van der Waals surface area (Å²) in [5.41, 5.74) is 0.965. The van der Waals surface area contributed by atoms with Crippen molar-refractivity contribution in [1.82, 2.24) is 9.97 Å². The van der Waals surface area contributed by atoms with E-state index in [1.165, 1.54) is 12.4 Å². The topological polar surface area (TPSA) is 69.2 Å². The second-order valence-corrected chi connectivity index (χ2v) is 7.56. The first kappa shape index (κ1) is 16.7. The van der Waals surface area contributed by atoms with Crippen LogP contribution >= 0.6 is 11.6 Å². The number of aryl methyl sites for hydroxylation is 2. The summed E-state index contributed by atoms with van der Waals surface area (Å²) >= 11 is 5.69. The fourth-order valence-electron chi connectivity index (χ4n) is 1.88. The molecule has 2 rings (SSSR count). The number of rotatable bonds is 7. The molecule has 0 atom stereocenters. The smallest absolute Gasteiger partial charge is 0.151 e. The average Bonchev–Trinajstić information content (AvgIpc) is 2.53. The van der Waals surface area contributed by atoms with Crippen molar-refractivity contribution in [2.45, 2.75) is 12.8 Å². The van der Waals surface area contributed by atoms with Gasteiger partial charge in [0.25, 0.3) is 0 Å². The summed E-state index contributed by atoms with van der Waals surface area (Å²) < 4.78 is 29.2. The first-order valence-electron chi connectivity index (χ1n) is 6.78. The number of hydrogen-bond donors (Lipinski definition) is 0. The summed E-state index contributed by atoms with van der Waals surface area (Å²) in [6, 6.07) is 7.39. The fourth-order valence-corrected chi connectivity index (χ4v) is 3.22. The molecule has 0 radical (unpaired) electrons. The zero-order valence-corrected chi connectivity index (χ0v) is 13.8. The van der Waals surface area contributed by atoms with Gasteiger partial charge in [0.05, 0.1) is 23.6 Å². The van der Waals surface area contributed by atoms with E-state index in [2.05, 4.69) is 9.97 Å². The molecule has 0 amide bonds. The summed E-state index contributed by atoms with van der Waals surface area (Å²) in [6.07, 6.45) is 3.71. The van der Waals surface area contributed by atoms with Crippen LogP contribution in [0.4, 0.5) is 0 Å². The Bertz CT molecular complexity index is 701. The lowest BCUT2D eigenvalue weighted by Crippen LogP contribution is -2.15. The van der Waals surface area contributed by atoms with Gasteiger partial charge in [0.1, 0.15) is 11.6 Å². The molecule has 5 nitrogen and oxygen atoms in total. The molecule has 7 heteroatoms. The van der Waals surface area contributed by atoms with Crippen LogP contribution in [0.25, 0.3) is 0 Å². The monoisotopic (exact) mass is 340 g/mol. The highest BCUT2D eigenvalue weighted by Crippen LogP contribution is 2.12. The van der Waals surface area contributed by atoms with Crippen LogP contribution in [0.5, 0.6) is 5.75 Å². The second kappa shape index (κ2) is 7.56. The van der Waals surface area contributed by atoms with E-state index in [0.29, 0.717) is 23.7 Å². The van der Waals surface area contributed by atoms with Gasteiger partial charge in [-0.3, -0.25) is 0 Å². The van der Waals surface area contributed by atoms with Gasteiger partial charge in [-0.25, -0.2) is 18.4 Å². The van der Waals surface area contributed by atoms with Gasteiger partial charge in [0.2, 0.25) is 0 Å². The number of sulfone groups is 1. The number of halogens is 1. The molecule has 118 valence electrons. The van der Waals surface area contributed by atoms with Crippen LogP contribution in [0.1, 0.15) is 11.4 Å². The summed E-state index contributed by atoms with van der Waals surface area (Å²) in [5, 5.41) is 0.436. The molecule has 0 aliphatic carbocycles. The van der Waals surface area contributed by atoms with E-state index < -0.39 is 9.84 Å². The van der Waals surface area contributed by atoms with E-state index in [0.717, 1.165) is 11.3 Å². The number of hydrogen-bond acceptors (Lipinski definition) is 5. The Morgan fingerprint density at radius 1 is 1.05 bits per heavy atom. The summed E-state index contributed by atoms with van der Waals surface area (Å²) in [7, 11) is -1.55. The van der Waals surface area contributed by atoms with Gasteiger partial charge in [0, 0.05) is 18.8 Å². The highest BCUT2D eigenvalue weighted by molar-refractivity contribution is 7.91. The van der Waals surface area contributed by atoms with Gasteiger partial charge in [-0.05, 0) is 24.1 Å². The number of ether oxygens (including phenoxy) is 1. The van der Waals surface area contributed by atoms with Gasteiger partial charge >= 0.3 is 0 Å². The van der Waals surface area contributed by atoms with Crippen LogP contribution in [0.2, 0.25) is 5.02 Å². The molecule has 0 spiro atoms. The maximum Gasteiger partial charge on any atom is 0.151 e. The largest absolute Gasteiger partial charge is 0.497 e. The van der Waals surface area contributed by atoms with Crippen molar-refractivity contribution in [3.63, 3.8) is 0 Å². The highest BCUT2D eigenvalue weighted by atomic mass is 35.5. The maximum atomic E-state index is 12.1. The first-order chi connectivity index (χ1) is 10.5. The van der Waals surface area contributed by atoms with E-state index in [4.69, 9.17) is 16.3 Å². The Labute approximate surface area is 135 Å². The van der Waals surface area contributed by atoms with Gasteiger partial charge < -0.3 is 4.74 Å². The number of aromatic nitrogens is 2. The lowest BCUT2D eigenvalue weighted by atomic mass is 10.2. The quantitative estimate of drug-likeness (QED) is 0.773. The van der Waals surface area contributed by atoms with Crippen molar-refractivity contribution in [3.8, 4) is 5.75 Å². The van der Waals surface area contributed by atoms with Gasteiger partial charge in [-0.2, -0.15) is 0 Å². The Hall–Kier alpha value is -1.66. The van der Waals surface area contributed by atoms with Gasteiger partial charge in [-0.1, -0.05) is 23.7 Å². The second-order valence-electron chi connectivity index (χ2n) is 4.82. The van der Waals surface area contributed by atoms with Gasteiger partial charge in [0.15, 0.2) is 9.84 Å². The standard InChI is InChI=1S/C15H17ClN2O3S/c1-21-14-4-2-12(3-5-14)6-8-22(19,20)9-7-15-17-10-13(16)11-18-15/h2-5,10-11H,6-9H2,1H3. The van der Waals surface area contributed by atoms with Crippen LogP contribution in [-0.4, -0.2) is 37.0 Å². The molecule has 0 saturated heterocycles. The minimum absolute atomic E-state index is 0.0325. The molecule has 1 heterocycles. The van der Waals surface area contributed by atoms with E-state index in [-0.39, 0.29) is 11.5 Å². The van der Waals surface area contributed by atoms with Crippen LogP contribution in [0.15, 0.2) is 36.7 Å². The third-order valence-corrected chi connectivity index (χ3v) is 5.02. The highest BCUT2D eigenvalue weighted by Gasteiger charge is 2.12. The predicted octanol–water partition coefficient (Wildman–Crippen LogP) is 2.34. The van der Waals surface area contributed by atoms with Crippen molar-refractivity contribution in [3.05, 3.63) is 53.1 Å². The molecule has 0 saturated carbocycles. The molecule has 0 fully saturated rings. The molecule has 22 heavy (non-hydrogen) atoms. The SMILES string of the molecule is COc1ccc(CCS(=O)(=O)CCc2ncc(Cl)cn2)cc1. The Kier molecular flexibility index (Phi) is 5.74. The Morgan fingerprint density at radius 3 is 2.23 bits per heavy atom. The summed E-state index contributed by atoms with van der Waals surface area (Å²) in [6.45, 7) is 0.